The van der Waals surface area contributed by atoms with Crippen LogP contribution in [-0.2, 0) is 11.3 Å². The lowest BCUT2D eigenvalue weighted by Crippen LogP contribution is -2.22. The number of hydrogen-bond donors (Lipinski definition) is 1. The summed E-state index contributed by atoms with van der Waals surface area (Å²) >= 11 is 0. The van der Waals surface area contributed by atoms with E-state index in [0.717, 1.165) is 11.1 Å². The summed E-state index contributed by atoms with van der Waals surface area (Å²) in [6.45, 7) is 3.93. The highest BCUT2D eigenvalue weighted by atomic mass is 16.4. The van der Waals surface area contributed by atoms with Gasteiger partial charge in [-0.2, -0.15) is 0 Å². The van der Waals surface area contributed by atoms with Gasteiger partial charge in [-0.1, -0.05) is 38.1 Å². The first-order chi connectivity index (χ1) is 9.47. The van der Waals surface area contributed by atoms with Crippen LogP contribution in [0.1, 0.15) is 25.3 Å². The van der Waals surface area contributed by atoms with Crippen LogP contribution in [0.5, 0.6) is 0 Å². The molecule has 0 atom stereocenters. The topological polar surface area (TPSA) is 59.3 Å². The molecule has 1 heterocycles. The second-order valence-electron chi connectivity index (χ2n) is 5.05. The van der Waals surface area contributed by atoms with Crippen LogP contribution >= 0.6 is 0 Å². The predicted molar refractivity (Wildman–Crippen MR) is 77.9 cm³/mol. The molecule has 1 aromatic heterocycles. The molecule has 4 heteroatoms. The lowest BCUT2D eigenvalue weighted by Gasteiger charge is -2.09. The van der Waals surface area contributed by atoms with Crippen molar-refractivity contribution in [3.8, 4) is 11.1 Å². The summed E-state index contributed by atoms with van der Waals surface area (Å²) in [6.07, 6.45) is 1.58. The Hall–Kier alpha value is -2.36. The zero-order valence-electron chi connectivity index (χ0n) is 11.5. The summed E-state index contributed by atoms with van der Waals surface area (Å²) in [4.78, 5) is 22.3. The molecule has 2 aromatic rings. The molecule has 20 heavy (non-hydrogen) atoms. The van der Waals surface area contributed by atoms with E-state index < -0.39 is 5.97 Å². The lowest BCUT2D eigenvalue weighted by molar-refractivity contribution is -0.137. The summed E-state index contributed by atoms with van der Waals surface area (Å²) < 4.78 is 1.20. The summed E-state index contributed by atoms with van der Waals surface area (Å²) in [7, 11) is 0. The van der Waals surface area contributed by atoms with E-state index in [2.05, 4.69) is 13.8 Å². The van der Waals surface area contributed by atoms with Crippen molar-refractivity contribution in [2.24, 2.45) is 0 Å². The number of pyridine rings is 1. The normalized spacial score (nSPS) is 10.8. The highest BCUT2D eigenvalue weighted by molar-refractivity contribution is 5.67. The second kappa shape index (κ2) is 5.74. The second-order valence-corrected chi connectivity index (χ2v) is 5.05. The van der Waals surface area contributed by atoms with Gasteiger partial charge >= 0.3 is 5.97 Å². The standard InChI is InChI=1S/C16H17NO3/c1-11(2)12-3-5-13(6-4-12)14-7-8-15(18)17(9-14)10-16(19)20/h3-9,11H,10H2,1-2H3,(H,19,20). The average molecular weight is 271 g/mol. The van der Waals surface area contributed by atoms with Crippen LogP contribution in [-0.4, -0.2) is 15.6 Å². The molecule has 0 fully saturated rings. The van der Waals surface area contributed by atoms with E-state index in [-0.39, 0.29) is 12.1 Å². The van der Waals surface area contributed by atoms with Gasteiger partial charge in [0, 0.05) is 12.3 Å². The maximum Gasteiger partial charge on any atom is 0.323 e. The van der Waals surface area contributed by atoms with Crippen molar-refractivity contribution >= 4 is 5.97 Å². The quantitative estimate of drug-likeness (QED) is 0.930. The minimum Gasteiger partial charge on any atom is -0.480 e. The summed E-state index contributed by atoms with van der Waals surface area (Å²) in [5.74, 6) is -0.565. The number of rotatable bonds is 4. The molecule has 4 nitrogen and oxygen atoms in total. The largest absolute Gasteiger partial charge is 0.480 e. The van der Waals surface area contributed by atoms with Gasteiger partial charge in [-0.15, -0.1) is 0 Å². The number of carbonyl (C=O) groups is 1. The smallest absolute Gasteiger partial charge is 0.323 e. The van der Waals surface area contributed by atoms with Crippen molar-refractivity contribution in [1.29, 1.82) is 0 Å². The van der Waals surface area contributed by atoms with Gasteiger partial charge in [0.2, 0.25) is 0 Å². The van der Waals surface area contributed by atoms with Crippen LogP contribution in [0.15, 0.2) is 47.4 Å². The lowest BCUT2D eigenvalue weighted by atomic mass is 9.99. The molecule has 0 saturated heterocycles. The van der Waals surface area contributed by atoms with E-state index in [1.807, 2.05) is 24.3 Å². The Labute approximate surface area is 117 Å². The van der Waals surface area contributed by atoms with Gasteiger partial charge < -0.3 is 9.67 Å². The molecule has 0 unspecified atom stereocenters. The SMILES string of the molecule is CC(C)c1ccc(-c2ccc(=O)n(CC(=O)O)c2)cc1. The molecule has 0 saturated carbocycles. The molecular formula is C16H17NO3. The van der Waals surface area contributed by atoms with Gasteiger partial charge in [0.25, 0.3) is 5.56 Å². The summed E-state index contributed by atoms with van der Waals surface area (Å²) in [5.41, 5.74) is 2.73. The third-order valence-corrected chi connectivity index (χ3v) is 3.20. The van der Waals surface area contributed by atoms with Gasteiger partial charge in [0.1, 0.15) is 6.54 Å². The molecule has 2 rings (SSSR count). The van der Waals surface area contributed by atoms with Crippen molar-refractivity contribution in [3.63, 3.8) is 0 Å². The first-order valence-electron chi connectivity index (χ1n) is 6.50. The molecule has 0 radical (unpaired) electrons. The van der Waals surface area contributed by atoms with Crippen molar-refractivity contribution in [2.75, 3.05) is 0 Å². The van der Waals surface area contributed by atoms with Crippen molar-refractivity contribution in [1.82, 2.24) is 4.57 Å². The summed E-state index contributed by atoms with van der Waals surface area (Å²) in [6, 6.07) is 11.2. The van der Waals surface area contributed by atoms with Crippen molar-refractivity contribution in [3.05, 3.63) is 58.5 Å². The van der Waals surface area contributed by atoms with Crippen LogP contribution in [0.25, 0.3) is 11.1 Å². The van der Waals surface area contributed by atoms with Gasteiger partial charge in [-0.05, 0) is 28.7 Å². The van der Waals surface area contributed by atoms with Gasteiger partial charge in [-0.25, -0.2) is 0 Å². The predicted octanol–water partition coefficient (Wildman–Crippen LogP) is 2.72. The van der Waals surface area contributed by atoms with E-state index in [4.69, 9.17) is 5.11 Å². The fourth-order valence-corrected chi connectivity index (χ4v) is 2.03. The number of aliphatic carboxylic acids is 1. The first kappa shape index (κ1) is 14.1. The fourth-order valence-electron chi connectivity index (χ4n) is 2.03. The van der Waals surface area contributed by atoms with Gasteiger partial charge in [0.05, 0.1) is 0 Å². The van der Waals surface area contributed by atoms with E-state index in [0.29, 0.717) is 5.92 Å². The number of aromatic nitrogens is 1. The minimum atomic E-state index is -1.03. The Balaban J connectivity index is 2.37. The Morgan fingerprint density at radius 1 is 1.10 bits per heavy atom. The summed E-state index contributed by atoms with van der Waals surface area (Å²) in [5, 5.41) is 8.79. The zero-order chi connectivity index (χ0) is 14.7. The van der Waals surface area contributed by atoms with Crippen LogP contribution in [0.4, 0.5) is 0 Å². The Bertz CT molecular complexity index is 669. The van der Waals surface area contributed by atoms with Gasteiger partial charge in [0.15, 0.2) is 0 Å². The first-order valence-corrected chi connectivity index (χ1v) is 6.50. The van der Waals surface area contributed by atoms with E-state index in [1.54, 1.807) is 12.3 Å². The fraction of sp³-hybridized carbons (Fsp3) is 0.250. The molecule has 0 spiro atoms. The number of hydrogen-bond acceptors (Lipinski definition) is 2. The third-order valence-electron chi connectivity index (χ3n) is 3.20. The van der Waals surface area contributed by atoms with Crippen LogP contribution in [0.3, 0.4) is 0 Å². The van der Waals surface area contributed by atoms with Crippen LogP contribution in [0.2, 0.25) is 0 Å². The van der Waals surface area contributed by atoms with E-state index in [9.17, 15) is 9.59 Å². The number of carboxylic acids is 1. The van der Waals surface area contributed by atoms with E-state index in [1.165, 1.54) is 16.2 Å². The van der Waals surface area contributed by atoms with Crippen molar-refractivity contribution < 1.29 is 9.90 Å². The van der Waals surface area contributed by atoms with E-state index >= 15 is 0 Å². The number of benzene rings is 1. The monoisotopic (exact) mass is 271 g/mol. The number of nitrogens with zero attached hydrogens (tertiary/aromatic N) is 1. The Kier molecular flexibility index (Phi) is 4.03. The zero-order valence-corrected chi connectivity index (χ0v) is 11.5. The number of carboxylic acid groups (broad SMARTS) is 1. The van der Waals surface area contributed by atoms with Crippen molar-refractivity contribution in [2.45, 2.75) is 26.3 Å². The van der Waals surface area contributed by atoms with Crippen LogP contribution < -0.4 is 5.56 Å². The molecule has 0 aliphatic carbocycles. The maximum absolute atomic E-state index is 11.6. The molecule has 1 N–H and O–H groups in total. The molecule has 1 aromatic carbocycles. The molecular weight excluding hydrogens is 254 g/mol. The molecule has 0 aliphatic heterocycles. The Morgan fingerprint density at radius 2 is 1.70 bits per heavy atom. The molecule has 104 valence electrons. The molecule has 0 bridgehead atoms. The highest BCUT2D eigenvalue weighted by Gasteiger charge is 2.05. The molecule has 0 aliphatic rings. The Morgan fingerprint density at radius 3 is 2.25 bits per heavy atom. The van der Waals surface area contributed by atoms with Crippen LogP contribution in [0, 0.1) is 0 Å². The maximum atomic E-state index is 11.6. The average Bonchev–Trinajstić information content (AvgIpc) is 2.41. The molecule has 0 amide bonds. The van der Waals surface area contributed by atoms with Gasteiger partial charge in [-0.3, -0.25) is 9.59 Å². The highest BCUT2D eigenvalue weighted by Crippen LogP contribution is 2.21. The third kappa shape index (κ3) is 3.15. The minimum absolute atomic E-state index is 0.310.